The van der Waals surface area contributed by atoms with Crippen molar-refractivity contribution >= 4 is 0 Å². The van der Waals surface area contributed by atoms with Crippen LogP contribution in [-0.2, 0) is 4.84 Å². The first-order chi connectivity index (χ1) is 9.73. The predicted octanol–water partition coefficient (Wildman–Crippen LogP) is 4.54. The van der Waals surface area contributed by atoms with Gasteiger partial charge in [0.1, 0.15) is 0 Å². The summed E-state index contributed by atoms with van der Waals surface area (Å²) in [4.78, 5) is 6.17. The summed E-state index contributed by atoms with van der Waals surface area (Å²) in [6.07, 6.45) is 2.48. The highest BCUT2D eigenvalue weighted by Crippen LogP contribution is 2.58. The number of hydrogen-bond donors (Lipinski definition) is 0. The van der Waals surface area contributed by atoms with Crippen LogP contribution in [0.1, 0.15) is 57.6 Å². The fourth-order valence-corrected chi connectivity index (χ4v) is 5.23. The topological polar surface area (TPSA) is 12.5 Å². The van der Waals surface area contributed by atoms with Crippen molar-refractivity contribution in [3.05, 3.63) is 35.4 Å². The molecule has 2 nitrogen and oxygen atoms in total. The second-order valence-electron chi connectivity index (χ2n) is 8.15. The molecular weight excluding hydrogens is 258 g/mol. The van der Waals surface area contributed by atoms with Crippen LogP contribution in [0.25, 0.3) is 0 Å². The Morgan fingerprint density at radius 3 is 2.29 bits per heavy atom. The maximum absolute atomic E-state index is 6.17. The minimum Gasteiger partial charge on any atom is -0.293 e. The predicted molar refractivity (Wildman–Crippen MR) is 87.1 cm³/mol. The van der Waals surface area contributed by atoms with Crippen LogP contribution in [0.3, 0.4) is 0 Å². The molecule has 1 aromatic rings. The van der Waals surface area contributed by atoms with E-state index in [1.807, 2.05) is 0 Å². The van der Waals surface area contributed by atoms with Crippen molar-refractivity contribution in [2.75, 3.05) is 7.05 Å². The van der Waals surface area contributed by atoms with Crippen LogP contribution >= 0.6 is 0 Å². The molecule has 0 aromatic heterocycles. The van der Waals surface area contributed by atoms with E-state index in [0.29, 0.717) is 17.9 Å². The third-order valence-corrected chi connectivity index (χ3v) is 5.91. The summed E-state index contributed by atoms with van der Waals surface area (Å²) < 4.78 is 0. The second kappa shape index (κ2) is 4.82. The molecule has 0 bridgehead atoms. The van der Waals surface area contributed by atoms with Gasteiger partial charge >= 0.3 is 0 Å². The Kier molecular flexibility index (Phi) is 3.46. The van der Waals surface area contributed by atoms with E-state index in [2.05, 4.69) is 71.0 Å². The average molecular weight is 287 g/mol. The van der Waals surface area contributed by atoms with Gasteiger partial charge in [-0.3, -0.25) is 4.84 Å². The van der Waals surface area contributed by atoms with Gasteiger partial charge < -0.3 is 0 Å². The van der Waals surface area contributed by atoms with Gasteiger partial charge in [-0.2, -0.15) is 5.06 Å². The van der Waals surface area contributed by atoms with Crippen LogP contribution in [0.5, 0.6) is 0 Å². The Morgan fingerprint density at radius 1 is 1.05 bits per heavy atom. The third kappa shape index (κ3) is 2.33. The summed E-state index contributed by atoms with van der Waals surface area (Å²) in [5, 5.41) is 2.12. The molecule has 21 heavy (non-hydrogen) atoms. The van der Waals surface area contributed by atoms with Crippen molar-refractivity contribution in [3.8, 4) is 0 Å². The number of rotatable bonds is 1. The summed E-state index contributed by atoms with van der Waals surface area (Å²) in [6.45, 7) is 11.6. The largest absolute Gasteiger partial charge is 0.293 e. The van der Waals surface area contributed by atoms with Gasteiger partial charge in [-0.25, -0.2) is 0 Å². The first-order valence-corrected chi connectivity index (χ1v) is 8.22. The van der Waals surface area contributed by atoms with Gasteiger partial charge in [0.2, 0.25) is 0 Å². The molecule has 0 N–H and O–H groups in total. The fourth-order valence-electron chi connectivity index (χ4n) is 5.23. The molecule has 1 aromatic carbocycles. The minimum absolute atomic E-state index is 0.0771. The lowest BCUT2D eigenvalue weighted by atomic mass is 9.55. The quantitative estimate of drug-likeness (QED) is 0.752. The summed E-state index contributed by atoms with van der Waals surface area (Å²) in [5.41, 5.74) is 3.00. The van der Waals surface area contributed by atoms with Crippen molar-refractivity contribution in [1.29, 1.82) is 0 Å². The molecule has 2 heteroatoms. The summed E-state index contributed by atoms with van der Waals surface area (Å²) >= 11 is 0. The van der Waals surface area contributed by atoms with Crippen molar-refractivity contribution in [2.24, 2.45) is 11.3 Å². The summed E-state index contributed by atoms with van der Waals surface area (Å²) in [6, 6.07) is 9.71. The highest BCUT2D eigenvalue weighted by molar-refractivity contribution is 5.28. The molecule has 3 unspecified atom stereocenters. The molecule has 1 heterocycles. The minimum atomic E-state index is -0.0771. The average Bonchev–Trinajstić information content (AvgIpc) is 2.61. The number of hydrogen-bond acceptors (Lipinski definition) is 2. The van der Waals surface area contributed by atoms with E-state index in [4.69, 9.17) is 4.84 Å². The lowest BCUT2D eigenvalue weighted by Gasteiger charge is -2.50. The van der Waals surface area contributed by atoms with Crippen LogP contribution in [0, 0.1) is 18.3 Å². The van der Waals surface area contributed by atoms with Crippen molar-refractivity contribution < 1.29 is 4.84 Å². The van der Waals surface area contributed by atoms with Crippen molar-refractivity contribution in [2.45, 2.75) is 65.0 Å². The molecule has 1 aliphatic heterocycles. The number of fused-ring (bicyclic) bond motifs is 1. The van der Waals surface area contributed by atoms with Crippen LogP contribution in [0.4, 0.5) is 0 Å². The van der Waals surface area contributed by atoms with Crippen LogP contribution < -0.4 is 0 Å². The standard InChI is InChI=1S/C19H29NO/c1-13-7-9-14(10-8-13)15-11-12-16-17(18(15,2)3)19(4,5)21-20(16)6/h7-10,15-17H,11-12H2,1-6H3. The van der Waals surface area contributed by atoms with Gasteiger partial charge in [-0.15, -0.1) is 0 Å². The number of benzene rings is 1. The maximum Gasteiger partial charge on any atom is 0.0892 e. The van der Waals surface area contributed by atoms with E-state index in [-0.39, 0.29) is 11.0 Å². The zero-order chi connectivity index (χ0) is 15.4. The zero-order valence-electron chi connectivity index (χ0n) is 14.3. The van der Waals surface area contributed by atoms with E-state index in [0.717, 1.165) is 0 Å². The van der Waals surface area contributed by atoms with Gasteiger partial charge in [0.25, 0.3) is 0 Å². The van der Waals surface area contributed by atoms with Crippen LogP contribution in [-0.4, -0.2) is 23.8 Å². The molecule has 3 rings (SSSR count). The Balaban J connectivity index is 1.97. The van der Waals surface area contributed by atoms with E-state index in [9.17, 15) is 0 Å². The molecular formula is C19H29NO. The normalized spacial score (nSPS) is 34.7. The number of nitrogens with zero attached hydrogens (tertiary/aromatic N) is 1. The molecule has 2 fully saturated rings. The molecule has 116 valence electrons. The molecule has 1 aliphatic carbocycles. The summed E-state index contributed by atoms with van der Waals surface area (Å²) in [5.74, 6) is 1.18. The first-order valence-electron chi connectivity index (χ1n) is 8.22. The molecule has 0 amide bonds. The highest BCUT2D eigenvalue weighted by Gasteiger charge is 2.58. The van der Waals surface area contributed by atoms with E-state index >= 15 is 0 Å². The smallest absolute Gasteiger partial charge is 0.0892 e. The number of aryl methyl sites for hydroxylation is 1. The first kappa shape index (κ1) is 15.1. The molecule has 1 saturated heterocycles. The molecule has 3 atom stereocenters. The van der Waals surface area contributed by atoms with Gasteiger partial charge in [0, 0.05) is 19.0 Å². The van der Waals surface area contributed by atoms with E-state index < -0.39 is 0 Å². The van der Waals surface area contributed by atoms with Gasteiger partial charge in [-0.1, -0.05) is 43.7 Å². The van der Waals surface area contributed by atoms with Crippen molar-refractivity contribution in [1.82, 2.24) is 5.06 Å². The summed E-state index contributed by atoms with van der Waals surface area (Å²) in [7, 11) is 2.11. The lowest BCUT2D eigenvalue weighted by Crippen LogP contribution is -2.49. The second-order valence-corrected chi connectivity index (χ2v) is 8.15. The van der Waals surface area contributed by atoms with Crippen LogP contribution in [0.2, 0.25) is 0 Å². The fraction of sp³-hybridized carbons (Fsp3) is 0.684. The van der Waals surface area contributed by atoms with E-state index in [1.165, 1.54) is 24.0 Å². The maximum atomic E-state index is 6.17. The van der Waals surface area contributed by atoms with Gasteiger partial charge in [-0.05, 0) is 50.5 Å². The molecule has 0 radical (unpaired) electrons. The molecule has 0 spiro atoms. The Labute approximate surface area is 129 Å². The van der Waals surface area contributed by atoms with Crippen molar-refractivity contribution in [3.63, 3.8) is 0 Å². The highest BCUT2D eigenvalue weighted by atomic mass is 16.7. The SMILES string of the molecule is Cc1ccc(C2CCC3C(C(C)(C)ON3C)C2(C)C)cc1. The van der Waals surface area contributed by atoms with Gasteiger partial charge in [0.05, 0.1) is 5.60 Å². The molecule has 1 saturated carbocycles. The third-order valence-electron chi connectivity index (χ3n) is 5.91. The van der Waals surface area contributed by atoms with Crippen LogP contribution in [0.15, 0.2) is 24.3 Å². The lowest BCUT2D eigenvalue weighted by molar-refractivity contribution is -0.180. The van der Waals surface area contributed by atoms with Gasteiger partial charge in [0.15, 0.2) is 0 Å². The number of hydroxylamine groups is 2. The Morgan fingerprint density at radius 2 is 1.67 bits per heavy atom. The van der Waals surface area contributed by atoms with E-state index in [1.54, 1.807) is 0 Å². The monoisotopic (exact) mass is 287 g/mol. The zero-order valence-corrected chi connectivity index (χ0v) is 14.3. The Hall–Kier alpha value is -0.860. The Bertz CT molecular complexity index is 517. The molecule has 2 aliphatic rings.